The third-order valence-corrected chi connectivity index (χ3v) is 3.76. The monoisotopic (exact) mass is 288 g/mol. The molecule has 0 spiro atoms. The molecule has 2 heterocycles. The smallest absolute Gasteiger partial charge is 0.131 e. The summed E-state index contributed by atoms with van der Waals surface area (Å²) in [5.74, 6) is 0. The third-order valence-electron chi connectivity index (χ3n) is 3.55. The van der Waals surface area contributed by atoms with E-state index in [1.165, 1.54) is 5.56 Å². The number of rotatable bonds is 3. The Kier molecular flexibility index (Phi) is 4.19. The van der Waals surface area contributed by atoms with Crippen LogP contribution in [0.25, 0.3) is 0 Å². The first-order valence-corrected chi connectivity index (χ1v) is 7.24. The number of ether oxygens (including phenoxy) is 1. The Labute approximate surface area is 123 Å². The molecular weight excluding hydrogens is 272 g/mol. The highest BCUT2D eigenvalue weighted by Gasteiger charge is 2.23. The van der Waals surface area contributed by atoms with E-state index in [-0.39, 0.29) is 6.10 Å². The van der Waals surface area contributed by atoms with Gasteiger partial charge in [0, 0.05) is 24.5 Å². The summed E-state index contributed by atoms with van der Waals surface area (Å²) in [6.07, 6.45) is 3.85. The number of anilines is 1. The average molecular weight is 289 g/mol. The molecule has 0 bridgehead atoms. The lowest BCUT2D eigenvalue weighted by atomic mass is 9.97. The van der Waals surface area contributed by atoms with E-state index in [0.717, 1.165) is 25.1 Å². The Morgan fingerprint density at radius 2 is 2.05 bits per heavy atom. The van der Waals surface area contributed by atoms with Gasteiger partial charge in [-0.15, -0.1) is 0 Å². The van der Waals surface area contributed by atoms with Gasteiger partial charge in [-0.3, -0.25) is 0 Å². The van der Waals surface area contributed by atoms with Crippen LogP contribution < -0.4 is 5.32 Å². The number of nitrogens with zero attached hydrogens (tertiary/aromatic N) is 1. The molecular formula is C16H17ClN2O. The molecule has 2 aromatic rings. The largest absolute Gasteiger partial charge is 0.382 e. The maximum Gasteiger partial charge on any atom is 0.131 e. The van der Waals surface area contributed by atoms with Gasteiger partial charge in [-0.05, 0) is 30.5 Å². The number of benzene rings is 1. The van der Waals surface area contributed by atoms with Crippen molar-refractivity contribution in [2.24, 2.45) is 0 Å². The van der Waals surface area contributed by atoms with Crippen molar-refractivity contribution >= 4 is 17.3 Å². The second kappa shape index (κ2) is 6.25. The molecule has 104 valence electrons. The van der Waals surface area contributed by atoms with Gasteiger partial charge in [0.1, 0.15) is 5.15 Å². The van der Waals surface area contributed by atoms with Gasteiger partial charge >= 0.3 is 0 Å². The van der Waals surface area contributed by atoms with Crippen molar-refractivity contribution in [3.05, 3.63) is 59.4 Å². The van der Waals surface area contributed by atoms with Crippen molar-refractivity contribution in [3.8, 4) is 0 Å². The summed E-state index contributed by atoms with van der Waals surface area (Å²) in [7, 11) is 0. The van der Waals surface area contributed by atoms with Gasteiger partial charge in [-0.1, -0.05) is 41.9 Å². The van der Waals surface area contributed by atoms with E-state index in [1.54, 1.807) is 6.20 Å². The zero-order chi connectivity index (χ0) is 13.8. The Morgan fingerprint density at radius 3 is 2.85 bits per heavy atom. The van der Waals surface area contributed by atoms with E-state index in [2.05, 4.69) is 34.6 Å². The number of pyridine rings is 1. The minimum absolute atomic E-state index is 0.166. The zero-order valence-electron chi connectivity index (χ0n) is 11.1. The van der Waals surface area contributed by atoms with Crippen LogP contribution in [0.4, 0.5) is 5.69 Å². The summed E-state index contributed by atoms with van der Waals surface area (Å²) < 4.78 is 5.88. The van der Waals surface area contributed by atoms with E-state index < -0.39 is 0 Å². The minimum atomic E-state index is 0.166. The van der Waals surface area contributed by atoms with Crippen molar-refractivity contribution in [1.82, 2.24) is 4.98 Å². The van der Waals surface area contributed by atoms with Crippen LogP contribution in [0.3, 0.4) is 0 Å². The van der Waals surface area contributed by atoms with E-state index in [0.29, 0.717) is 11.2 Å². The number of aromatic nitrogens is 1. The molecule has 0 saturated carbocycles. The van der Waals surface area contributed by atoms with E-state index in [9.17, 15) is 0 Å². The quantitative estimate of drug-likeness (QED) is 0.865. The van der Waals surface area contributed by atoms with Crippen molar-refractivity contribution in [2.45, 2.75) is 25.0 Å². The molecule has 0 radical (unpaired) electrons. The van der Waals surface area contributed by atoms with Gasteiger partial charge in [-0.2, -0.15) is 0 Å². The van der Waals surface area contributed by atoms with Crippen LogP contribution in [0.1, 0.15) is 24.5 Å². The molecule has 2 atom stereocenters. The minimum Gasteiger partial charge on any atom is -0.382 e. The molecule has 1 aromatic carbocycles. The van der Waals surface area contributed by atoms with Crippen LogP contribution in [0.5, 0.6) is 0 Å². The standard InChI is InChI=1S/C16H17ClN2O/c17-16-11-13(6-8-18-16)19-14-7-9-20-15(10-14)12-4-2-1-3-5-12/h1-6,8,11,14-15H,7,9-10H2,(H,18,19). The van der Waals surface area contributed by atoms with Crippen LogP contribution in [0.15, 0.2) is 48.7 Å². The van der Waals surface area contributed by atoms with Crippen molar-refractivity contribution in [2.75, 3.05) is 11.9 Å². The van der Waals surface area contributed by atoms with Crippen LogP contribution in [0.2, 0.25) is 5.15 Å². The van der Waals surface area contributed by atoms with E-state index in [1.807, 2.05) is 18.2 Å². The molecule has 1 saturated heterocycles. The summed E-state index contributed by atoms with van der Waals surface area (Å²) >= 11 is 5.91. The van der Waals surface area contributed by atoms with Gasteiger partial charge in [0.25, 0.3) is 0 Å². The van der Waals surface area contributed by atoms with Gasteiger partial charge in [0.2, 0.25) is 0 Å². The Bertz CT molecular complexity index is 561. The van der Waals surface area contributed by atoms with Gasteiger partial charge < -0.3 is 10.1 Å². The molecule has 1 aliphatic heterocycles. The number of halogens is 1. The predicted molar refractivity (Wildman–Crippen MR) is 81.0 cm³/mol. The molecule has 3 rings (SSSR count). The SMILES string of the molecule is Clc1cc(NC2CCOC(c3ccccc3)C2)ccn1. The van der Waals surface area contributed by atoms with Crippen LogP contribution in [-0.4, -0.2) is 17.6 Å². The maximum atomic E-state index is 5.91. The fourth-order valence-corrected chi connectivity index (χ4v) is 2.73. The first kappa shape index (κ1) is 13.4. The molecule has 2 unspecified atom stereocenters. The first-order valence-electron chi connectivity index (χ1n) is 6.86. The fraction of sp³-hybridized carbons (Fsp3) is 0.312. The molecule has 0 amide bonds. The number of hydrogen-bond acceptors (Lipinski definition) is 3. The van der Waals surface area contributed by atoms with Gasteiger partial charge in [0.15, 0.2) is 0 Å². The lowest BCUT2D eigenvalue weighted by Crippen LogP contribution is -2.30. The lowest BCUT2D eigenvalue weighted by Gasteiger charge is -2.31. The highest BCUT2D eigenvalue weighted by molar-refractivity contribution is 6.29. The van der Waals surface area contributed by atoms with E-state index in [4.69, 9.17) is 16.3 Å². The summed E-state index contributed by atoms with van der Waals surface area (Å²) in [5, 5.41) is 4.03. The molecule has 1 fully saturated rings. The van der Waals surface area contributed by atoms with E-state index >= 15 is 0 Å². The van der Waals surface area contributed by atoms with Crippen molar-refractivity contribution in [1.29, 1.82) is 0 Å². The molecule has 1 aliphatic rings. The normalized spacial score (nSPS) is 22.4. The number of hydrogen-bond donors (Lipinski definition) is 1. The topological polar surface area (TPSA) is 34.1 Å². The summed E-state index contributed by atoms with van der Waals surface area (Å²) in [5.41, 5.74) is 2.26. The molecule has 1 aromatic heterocycles. The Balaban J connectivity index is 1.66. The molecule has 20 heavy (non-hydrogen) atoms. The van der Waals surface area contributed by atoms with Crippen LogP contribution in [0, 0.1) is 0 Å². The summed E-state index contributed by atoms with van der Waals surface area (Å²) in [6, 6.07) is 14.6. The maximum absolute atomic E-state index is 5.91. The lowest BCUT2D eigenvalue weighted by molar-refractivity contribution is 0.00980. The average Bonchev–Trinajstić information content (AvgIpc) is 2.48. The highest BCUT2D eigenvalue weighted by Crippen LogP contribution is 2.29. The third kappa shape index (κ3) is 3.30. The van der Waals surface area contributed by atoms with Crippen molar-refractivity contribution < 1.29 is 4.74 Å². The molecule has 4 heteroatoms. The van der Waals surface area contributed by atoms with Gasteiger partial charge in [-0.25, -0.2) is 4.98 Å². The van der Waals surface area contributed by atoms with Crippen molar-refractivity contribution in [3.63, 3.8) is 0 Å². The summed E-state index contributed by atoms with van der Waals surface area (Å²) in [6.45, 7) is 0.774. The zero-order valence-corrected chi connectivity index (χ0v) is 11.9. The number of nitrogens with one attached hydrogen (secondary N) is 1. The molecule has 3 nitrogen and oxygen atoms in total. The Morgan fingerprint density at radius 1 is 1.20 bits per heavy atom. The van der Waals surface area contributed by atoms with Gasteiger partial charge in [0.05, 0.1) is 6.10 Å². The second-order valence-electron chi connectivity index (χ2n) is 5.00. The summed E-state index contributed by atoms with van der Waals surface area (Å²) in [4.78, 5) is 4.00. The highest BCUT2D eigenvalue weighted by atomic mass is 35.5. The second-order valence-corrected chi connectivity index (χ2v) is 5.39. The molecule has 0 aliphatic carbocycles. The van der Waals surface area contributed by atoms with Crippen LogP contribution in [-0.2, 0) is 4.74 Å². The van der Waals surface area contributed by atoms with Crippen LogP contribution >= 0.6 is 11.6 Å². The fourth-order valence-electron chi connectivity index (χ4n) is 2.56. The predicted octanol–water partition coefficient (Wildman–Crippen LogP) is 4.07. The molecule has 1 N–H and O–H groups in total. The Hall–Kier alpha value is -1.58. The first-order chi connectivity index (χ1) is 9.81.